The molecule has 0 radical (unpaired) electrons. The summed E-state index contributed by atoms with van der Waals surface area (Å²) in [6, 6.07) is 8.69. The standard InChI is InChI=1S/C24H22N4O7/c1-34-13-6-7-15-14(11-13)24(23(31)25-15)20-19(16-4-3-9-26(16)24)21(29)27(22(20)30)17-10-12(28(32)33)5-8-18(17)35-2/h5-8,10-11,16,19-20H,3-4,9H2,1-2H3,(H,25,31)/t16-,19-,20+,24+/m1/s1. The Morgan fingerprint density at radius 1 is 1.09 bits per heavy atom. The number of methoxy groups -OCH3 is 2. The summed E-state index contributed by atoms with van der Waals surface area (Å²) in [5, 5.41) is 14.3. The zero-order chi connectivity index (χ0) is 24.6. The van der Waals surface area contributed by atoms with Crippen molar-refractivity contribution in [3.8, 4) is 11.5 Å². The van der Waals surface area contributed by atoms with Gasteiger partial charge in [0.1, 0.15) is 22.7 Å². The van der Waals surface area contributed by atoms with Gasteiger partial charge in [0.2, 0.25) is 17.7 Å². The normalized spacial score (nSPS) is 28.8. The highest BCUT2D eigenvalue weighted by Gasteiger charge is 2.74. The van der Waals surface area contributed by atoms with Crippen molar-refractivity contribution in [1.82, 2.24) is 4.90 Å². The van der Waals surface area contributed by atoms with E-state index in [1.165, 1.54) is 32.4 Å². The first-order valence-corrected chi connectivity index (χ1v) is 11.3. The summed E-state index contributed by atoms with van der Waals surface area (Å²) < 4.78 is 10.8. The maximum Gasteiger partial charge on any atom is 0.271 e. The number of fused-ring (bicyclic) bond motifs is 7. The van der Waals surface area contributed by atoms with Gasteiger partial charge >= 0.3 is 0 Å². The summed E-state index contributed by atoms with van der Waals surface area (Å²) in [4.78, 5) is 55.5. The molecule has 0 unspecified atom stereocenters. The molecule has 4 heterocycles. The molecule has 180 valence electrons. The second kappa shape index (κ2) is 7.25. The SMILES string of the molecule is COc1ccc2c(c1)[C@@]1(C(=O)N2)[C@@H]2C(=O)N(c3cc([N+](=O)[O-])ccc3OC)C(=O)[C@@H]2[C@H]2CCCN21. The van der Waals surface area contributed by atoms with Crippen LogP contribution < -0.4 is 19.7 Å². The van der Waals surface area contributed by atoms with Crippen LogP contribution in [0.25, 0.3) is 0 Å². The molecule has 3 saturated heterocycles. The first-order valence-electron chi connectivity index (χ1n) is 11.3. The zero-order valence-corrected chi connectivity index (χ0v) is 19.0. The van der Waals surface area contributed by atoms with Crippen molar-refractivity contribution >= 4 is 34.8 Å². The van der Waals surface area contributed by atoms with Crippen LogP contribution in [-0.2, 0) is 19.9 Å². The van der Waals surface area contributed by atoms with Crippen LogP contribution in [0, 0.1) is 22.0 Å². The fraction of sp³-hybridized carbons (Fsp3) is 0.375. The summed E-state index contributed by atoms with van der Waals surface area (Å²) in [7, 11) is 2.89. The molecule has 6 rings (SSSR count). The van der Waals surface area contributed by atoms with Crippen molar-refractivity contribution in [3.05, 3.63) is 52.1 Å². The number of carbonyl (C=O) groups is 3. The molecule has 4 aliphatic heterocycles. The van der Waals surface area contributed by atoms with Gasteiger partial charge in [0.25, 0.3) is 5.69 Å². The summed E-state index contributed by atoms with van der Waals surface area (Å²) >= 11 is 0. The monoisotopic (exact) mass is 478 g/mol. The van der Waals surface area contributed by atoms with E-state index < -0.39 is 34.1 Å². The molecule has 4 aliphatic rings. The average Bonchev–Trinajstić information content (AvgIpc) is 3.56. The second-order valence-corrected chi connectivity index (χ2v) is 9.16. The molecular formula is C24H22N4O7. The molecule has 0 saturated carbocycles. The molecule has 11 heteroatoms. The third-order valence-corrected chi connectivity index (χ3v) is 7.81. The highest BCUT2D eigenvalue weighted by molar-refractivity contribution is 6.26. The van der Waals surface area contributed by atoms with Crippen LogP contribution in [0.1, 0.15) is 18.4 Å². The van der Waals surface area contributed by atoms with Crippen molar-refractivity contribution in [2.45, 2.75) is 24.4 Å². The molecule has 11 nitrogen and oxygen atoms in total. The Morgan fingerprint density at radius 2 is 1.89 bits per heavy atom. The van der Waals surface area contributed by atoms with E-state index in [9.17, 15) is 24.5 Å². The van der Waals surface area contributed by atoms with Gasteiger partial charge in [-0.05, 0) is 43.7 Å². The van der Waals surface area contributed by atoms with E-state index in [1.54, 1.807) is 18.2 Å². The average molecular weight is 478 g/mol. The highest BCUT2D eigenvalue weighted by atomic mass is 16.6. The molecule has 35 heavy (non-hydrogen) atoms. The van der Waals surface area contributed by atoms with Crippen molar-refractivity contribution in [2.24, 2.45) is 11.8 Å². The van der Waals surface area contributed by atoms with Crippen molar-refractivity contribution in [3.63, 3.8) is 0 Å². The van der Waals surface area contributed by atoms with E-state index in [4.69, 9.17) is 9.47 Å². The smallest absolute Gasteiger partial charge is 0.271 e. The minimum atomic E-state index is -1.37. The van der Waals surface area contributed by atoms with Crippen LogP contribution in [0.2, 0.25) is 0 Å². The largest absolute Gasteiger partial charge is 0.497 e. The quantitative estimate of drug-likeness (QED) is 0.401. The highest BCUT2D eigenvalue weighted by Crippen LogP contribution is 2.61. The Hall–Kier alpha value is -3.99. The van der Waals surface area contributed by atoms with Gasteiger partial charge in [-0.15, -0.1) is 0 Å². The molecular weight excluding hydrogens is 456 g/mol. The Morgan fingerprint density at radius 3 is 2.60 bits per heavy atom. The minimum Gasteiger partial charge on any atom is -0.497 e. The maximum absolute atomic E-state index is 14.1. The Labute approximate surface area is 199 Å². The van der Waals surface area contributed by atoms with Crippen molar-refractivity contribution in [2.75, 3.05) is 31.0 Å². The van der Waals surface area contributed by atoms with Gasteiger partial charge in [0.05, 0.1) is 31.0 Å². The lowest BCUT2D eigenvalue weighted by Gasteiger charge is -2.36. The van der Waals surface area contributed by atoms with Gasteiger partial charge < -0.3 is 14.8 Å². The Bertz CT molecular complexity index is 1330. The van der Waals surface area contributed by atoms with Crippen LogP contribution in [-0.4, -0.2) is 54.4 Å². The van der Waals surface area contributed by atoms with Crippen molar-refractivity contribution in [1.29, 1.82) is 0 Å². The summed E-state index contributed by atoms with van der Waals surface area (Å²) in [5.41, 5.74) is -0.450. The Kier molecular flexibility index (Phi) is 4.46. The third kappa shape index (κ3) is 2.55. The molecule has 0 aromatic heterocycles. The van der Waals surface area contributed by atoms with E-state index in [2.05, 4.69) is 5.32 Å². The number of rotatable bonds is 4. The van der Waals surface area contributed by atoms with Crippen LogP contribution in [0.5, 0.6) is 11.5 Å². The fourth-order valence-electron chi connectivity index (χ4n) is 6.51. The Balaban J connectivity index is 1.55. The van der Waals surface area contributed by atoms with Gasteiger partial charge in [0, 0.05) is 29.4 Å². The number of hydrogen-bond donors (Lipinski definition) is 1. The van der Waals surface area contributed by atoms with Crippen LogP contribution in [0.15, 0.2) is 36.4 Å². The van der Waals surface area contributed by atoms with Gasteiger partial charge in [-0.25, -0.2) is 4.90 Å². The van der Waals surface area contributed by atoms with Crippen molar-refractivity contribution < 1.29 is 28.8 Å². The summed E-state index contributed by atoms with van der Waals surface area (Å²) in [5.74, 6) is -2.46. The summed E-state index contributed by atoms with van der Waals surface area (Å²) in [6.07, 6.45) is 1.44. The topological polar surface area (TPSA) is 131 Å². The fourth-order valence-corrected chi connectivity index (χ4v) is 6.51. The molecule has 3 fully saturated rings. The molecule has 2 aromatic rings. The predicted molar refractivity (Wildman–Crippen MR) is 122 cm³/mol. The zero-order valence-electron chi connectivity index (χ0n) is 19.0. The van der Waals surface area contributed by atoms with E-state index in [0.717, 1.165) is 11.3 Å². The maximum atomic E-state index is 14.1. The van der Waals surface area contributed by atoms with E-state index in [-0.39, 0.29) is 29.1 Å². The van der Waals surface area contributed by atoms with E-state index in [0.29, 0.717) is 30.0 Å². The van der Waals surface area contributed by atoms with Crippen LogP contribution >= 0.6 is 0 Å². The molecule has 4 atom stereocenters. The third-order valence-electron chi connectivity index (χ3n) is 7.81. The second-order valence-electron chi connectivity index (χ2n) is 9.16. The number of nitrogens with one attached hydrogen (secondary N) is 1. The number of nitrogens with zero attached hydrogens (tertiary/aromatic N) is 3. The van der Waals surface area contributed by atoms with Gasteiger partial charge in [-0.2, -0.15) is 0 Å². The number of hydrogen-bond acceptors (Lipinski definition) is 8. The number of nitro benzene ring substituents is 1. The van der Waals surface area contributed by atoms with Gasteiger partial charge in [0.15, 0.2) is 0 Å². The lowest BCUT2D eigenvalue weighted by molar-refractivity contribution is -0.384. The molecule has 0 bridgehead atoms. The molecule has 0 aliphatic carbocycles. The van der Waals surface area contributed by atoms with E-state index in [1.807, 2.05) is 4.90 Å². The lowest BCUT2D eigenvalue weighted by atomic mass is 9.75. The first kappa shape index (κ1) is 21.5. The first-order chi connectivity index (χ1) is 16.8. The minimum absolute atomic E-state index is 0.00932. The summed E-state index contributed by atoms with van der Waals surface area (Å²) in [6.45, 7) is 0.572. The predicted octanol–water partition coefficient (Wildman–Crippen LogP) is 2.04. The number of nitro groups is 1. The molecule has 1 N–H and O–H groups in total. The van der Waals surface area contributed by atoms with E-state index >= 15 is 0 Å². The lowest BCUT2D eigenvalue weighted by Crippen LogP contribution is -2.54. The number of amides is 3. The number of ether oxygens (including phenoxy) is 2. The van der Waals surface area contributed by atoms with Crippen LogP contribution in [0.3, 0.4) is 0 Å². The number of imide groups is 1. The van der Waals surface area contributed by atoms with Gasteiger partial charge in [-0.1, -0.05) is 0 Å². The van der Waals surface area contributed by atoms with Gasteiger partial charge in [-0.3, -0.25) is 29.4 Å². The van der Waals surface area contributed by atoms with Crippen LogP contribution in [0.4, 0.5) is 17.1 Å². The molecule has 2 aromatic carbocycles. The number of non-ortho nitro benzene ring substituents is 1. The molecule has 3 amide bonds. The number of anilines is 2. The number of benzene rings is 2. The molecule has 1 spiro atoms. The number of carbonyl (C=O) groups excluding carboxylic acids is 3.